The van der Waals surface area contributed by atoms with Crippen LogP contribution in [0.1, 0.15) is 206 Å². The molecule has 0 aromatic carbocycles. The normalized spacial score (nSPS) is 13.6. The fourth-order valence-electron chi connectivity index (χ4n) is 6.30. The minimum atomic E-state index is -4.37. The van der Waals surface area contributed by atoms with Crippen molar-refractivity contribution < 1.29 is 37.6 Å². The largest absolute Gasteiger partial charge is 0.472 e. The third-order valence-corrected chi connectivity index (χ3v) is 10.9. The number of unbranched alkanes of at least 4 members (excludes halogenated alkanes) is 23. The molecule has 0 amide bonds. The number of hydrogen-bond donors (Lipinski definition) is 1. The predicted molar refractivity (Wildman–Crippen MR) is 238 cm³/mol. The van der Waals surface area contributed by atoms with Gasteiger partial charge in [0.05, 0.1) is 13.2 Å². The van der Waals surface area contributed by atoms with E-state index in [9.17, 15) is 19.0 Å². The molecular formula is C47H88NO8P. The van der Waals surface area contributed by atoms with Crippen molar-refractivity contribution in [3.63, 3.8) is 0 Å². The number of likely N-dealkylation sites (N-methyl/N-ethyl adjacent to an activating group) is 1. The van der Waals surface area contributed by atoms with Crippen molar-refractivity contribution in [2.24, 2.45) is 0 Å². The fraction of sp³-hybridized carbons (Fsp3) is 0.830. The van der Waals surface area contributed by atoms with Crippen LogP contribution < -0.4 is 0 Å². The first-order chi connectivity index (χ1) is 27.7. The van der Waals surface area contributed by atoms with Gasteiger partial charge in [0.15, 0.2) is 6.10 Å². The van der Waals surface area contributed by atoms with E-state index < -0.39 is 26.5 Å². The zero-order chi connectivity index (χ0) is 41.9. The fourth-order valence-corrected chi connectivity index (χ4v) is 7.04. The van der Waals surface area contributed by atoms with Crippen molar-refractivity contribution in [2.75, 3.05) is 40.5 Å². The first kappa shape index (κ1) is 55.2. The van der Waals surface area contributed by atoms with E-state index in [1.54, 1.807) is 0 Å². The highest BCUT2D eigenvalue weighted by Gasteiger charge is 2.26. The van der Waals surface area contributed by atoms with Gasteiger partial charge in [0.1, 0.15) is 6.61 Å². The summed E-state index contributed by atoms with van der Waals surface area (Å²) in [4.78, 5) is 37.1. The maximum Gasteiger partial charge on any atom is 0.472 e. The molecular weight excluding hydrogens is 737 g/mol. The van der Waals surface area contributed by atoms with Gasteiger partial charge in [-0.15, -0.1) is 0 Å². The van der Waals surface area contributed by atoms with Crippen LogP contribution in [0.3, 0.4) is 0 Å². The van der Waals surface area contributed by atoms with Crippen LogP contribution in [-0.2, 0) is 32.7 Å². The molecule has 0 aromatic rings. The number of ether oxygens (including phenoxy) is 2. The zero-order valence-electron chi connectivity index (χ0n) is 37.3. The summed E-state index contributed by atoms with van der Waals surface area (Å²) in [5, 5.41) is 0. The number of carbonyl (C=O) groups is 2. The van der Waals surface area contributed by atoms with Gasteiger partial charge in [0.25, 0.3) is 0 Å². The molecule has 0 aliphatic carbocycles. The monoisotopic (exact) mass is 826 g/mol. The maximum atomic E-state index is 12.7. The van der Waals surface area contributed by atoms with E-state index in [0.29, 0.717) is 13.0 Å². The van der Waals surface area contributed by atoms with Crippen molar-refractivity contribution in [2.45, 2.75) is 213 Å². The lowest BCUT2D eigenvalue weighted by molar-refractivity contribution is -0.161. The summed E-state index contributed by atoms with van der Waals surface area (Å²) in [6.07, 6.45) is 46.1. The van der Waals surface area contributed by atoms with Gasteiger partial charge in [0.2, 0.25) is 0 Å². The molecule has 0 bridgehead atoms. The quantitative estimate of drug-likeness (QED) is 0.0278. The van der Waals surface area contributed by atoms with Gasteiger partial charge < -0.3 is 19.3 Å². The molecule has 0 radical (unpaired) electrons. The summed E-state index contributed by atoms with van der Waals surface area (Å²) in [6.45, 7) is 4.29. The van der Waals surface area contributed by atoms with Gasteiger partial charge in [-0.2, -0.15) is 0 Å². The van der Waals surface area contributed by atoms with Crippen LogP contribution in [0.4, 0.5) is 0 Å². The topological polar surface area (TPSA) is 112 Å². The van der Waals surface area contributed by atoms with Crippen molar-refractivity contribution in [1.82, 2.24) is 4.90 Å². The highest BCUT2D eigenvalue weighted by atomic mass is 31.2. The van der Waals surface area contributed by atoms with E-state index >= 15 is 0 Å². The summed E-state index contributed by atoms with van der Waals surface area (Å²) in [7, 11) is -0.717. The Labute approximate surface area is 350 Å². The summed E-state index contributed by atoms with van der Waals surface area (Å²) in [5.41, 5.74) is 0. The van der Waals surface area contributed by atoms with Gasteiger partial charge in [-0.25, -0.2) is 4.57 Å². The second-order valence-corrected chi connectivity index (χ2v) is 17.4. The number of rotatable bonds is 43. The van der Waals surface area contributed by atoms with E-state index in [1.807, 2.05) is 19.0 Å². The number of esters is 2. The summed E-state index contributed by atoms with van der Waals surface area (Å²) >= 11 is 0. The lowest BCUT2D eigenvalue weighted by Crippen LogP contribution is -2.29. The molecule has 0 rings (SSSR count). The molecule has 1 N–H and O–H groups in total. The third kappa shape index (κ3) is 43.6. The molecule has 57 heavy (non-hydrogen) atoms. The van der Waals surface area contributed by atoms with Crippen LogP contribution in [0.5, 0.6) is 0 Å². The van der Waals surface area contributed by atoms with Gasteiger partial charge in [0, 0.05) is 19.4 Å². The Hall–Kier alpha value is -1.77. The maximum absolute atomic E-state index is 12.7. The molecule has 0 aliphatic rings. The number of allylic oxidation sites excluding steroid dienone is 6. The van der Waals surface area contributed by atoms with Gasteiger partial charge in [-0.1, -0.05) is 159 Å². The molecule has 0 saturated carbocycles. The first-order valence-electron chi connectivity index (χ1n) is 23.3. The summed E-state index contributed by atoms with van der Waals surface area (Å²) < 4.78 is 33.5. The van der Waals surface area contributed by atoms with Crippen LogP contribution in [0.15, 0.2) is 36.5 Å². The van der Waals surface area contributed by atoms with Gasteiger partial charge in [-0.3, -0.25) is 18.6 Å². The Kier molecular flexibility index (Phi) is 41.0. The highest BCUT2D eigenvalue weighted by Crippen LogP contribution is 2.43. The molecule has 0 aliphatic heterocycles. The molecule has 2 atom stereocenters. The van der Waals surface area contributed by atoms with Crippen molar-refractivity contribution in [1.29, 1.82) is 0 Å². The Morgan fingerprint density at radius 1 is 0.544 bits per heavy atom. The molecule has 9 nitrogen and oxygen atoms in total. The smallest absolute Gasteiger partial charge is 0.462 e. The van der Waals surface area contributed by atoms with Crippen molar-refractivity contribution in [3.05, 3.63) is 36.5 Å². The number of carbonyl (C=O) groups excluding carboxylic acids is 2. The van der Waals surface area contributed by atoms with E-state index in [-0.39, 0.29) is 32.0 Å². The summed E-state index contributed by atoms with van der Waals surface area (Å²) in [6, 6.07) is 0. The Morgan fingerprint density at radius 2 is 0.947 bits per heavy atom. The number of phosphoric acid groups is 1. The van der Waals surface area contributed by atoms with Crippen molar-refractivity contribution >= 4 is 19.8 Å². The van der Waals surface area contributed by atoms with E-state index in [0.717, 1.165) is 51.4 Å². The Bertz CT molecular complexity index is 1050. The molecule has 0 saturated heterocycles. The lowest BCUT2D eigenvalue weighted by Gasteiger charge is -2.20. The first-order valence-corrected chi connectivity index (χ1v) is 24.8. The second-order valence-electron chi connectivity index (χ2n) is 15.9. The van der Waals surface area contributed by atoms with E-state index in [4.69, 9.17) is 18.5 Å². The van der Waals surface area contributed by atoms with E-state index in [1.165, 1.54) is 122 Å². The SMILES string of the molecule is CCCCC/C=C\C/C=C\CCCCCCCCCC(=O)OC(COC(=O)CCCCCCCCC/C=C\CCCCCCCC)COP(=O)(O)OCCN(C)C. The number of nitrogens with zero attached hydrogens (tertiary/aromatic N) is 1. The molecule has 334 valence electrons. The third-order valence-electron chi connectivity index (χ3n) is 9.92. The van der Waals surface area contributed by atoms with Crippen molar-refractivity contribution in [3.8, 4) is 0 Å². The zero-order valence-corrected chi connectivity index (χ0v) is 38.2. The van der Waals surface area contributed by atoms with Gasteiger partial charge in [-0.05, 0) is 84.7 Å². The molecule has 2 unspecified atom stereocenters. The molecule has 0 heterocycles. The Balaban J connectivity index is 4.26. The van der Waals surface area contributed by atoms with Crippen LogP contribution in [0.2, 0.25) is 0 Å². The molecule has 0 fully saturated rings. The Morgan fingerprint density at radius 3 is 1.44 bits per heavy atom. The van der Waals surface area contributed by atoms with Crippen LogP contribution in [0.25, 0.3) is 0 Å². The predicted octanol–water partition coefficient (Wildman–Crippen LogP) is 13.5. The van der Waals surface area contributed by atoms with Crippen LogP contribution >= 0.6 is 7.82 Å². The second kappa shape index (κ2) is 42.4. The van der Waals surface area contributed by atoms with Gasteiger partial charge >= 0.3 is 19.8 Å². The molecule has 0 spiro atoms. The highest BCUT2D eigenvalue weighted by molar-refractivity contribution is 7.47. The summed E-state index contributed by atoms with van der Waals surface area (Å²) in [5.74, 6) is -0.813. The minimum absolute atomic E-state index is 0.00505. The number of hydrogen-bond acceptors (Lipinski definition) is 8. The minimum Gasteiger partial charge on any atom is -0.462 e. The standard InChI is InChI=1S/C47H88NO8P/c1-5-7-9-11-13-15-17-19-21-23-25-27-29-31-33-35-37-39-46(49)53-43-45(44-55-57(51,52)54-42-41-48(3)4)56-47(50)40-38-36-34-32-30-28-26-24-22-20-18-16-14-12-10-8-6-2/h14,16,19-22,45H,5-13,15,17-18,23-44H2,1-4H3,(H,51,52)/b16-14-,21-19-,22-20-. The van der Waals surface area contributed by atoms with Crippen LogP contribution in [0, 0.1) is 0 Å². The number of phosphoric ester groups is 1. The average molecular weight is 826 g/mol. The van der Waals surface area contributed by atoms with E-state index in [2.05, 4.69) is 50.3 Å². The van der Waals surface area contributed by atoms with Crippen LogP contribution in [-0.4, -0.2) is 68.3 Å². The molecule has 0 aromatic heterocycles. The average Bonchev–Trinajstić information content (AvgIpc) is 3.18. The molecule has 10 heteroatoms. The lowest BCUT2D eigenvalue weighted by atomic mass is 10.1.